The lowest BCUT2D eigenvalue weighted by atomic mass is 9.96. The third kappa shape index (κ3) is 2.36. The predicted octanol–water partition coefficient (Wildman–Crippen LogP) is 3.67. The van der Waals surface area contributed by atoms with Crippen LogP contribution in [0.5, 0.6) is 0 Å². The van der Waals surface area contributed by atoms with Crippen LogP contribution in [0.4, 0.5) is 5.69 Å². The van der Waals surface area contributed by atoms with Crippen LogP contribution in [0.3, 0.4) is 0 Å². The van der Waals surface area contributed by atoms with E-state index in [2.05, 4.69) is 16.4 Å². The molecule has 3 rings (SSSR count). The Morgan fingerprint density at radius 2 is 2.11 bits per heavy atom. The number of allylic oxidation sites excluding steroid dienone is 2. The second kappa shape index (κ2) is 4.84. The number of aromatic nitrogens is 1. The van der Waals surface area contributed by atoms with Crippen molar-refractivity contribution in [3.8, 4) is 0 Å². The Kier molecular flexibility index (Phi) is 3.03. The Morgan fingerprint density at radius 3 is 3.00 bits per heavy atom. The van der Waals surface area contributed by atoms with Crippen molar-refractivity contribution < 1.29 is 4.79 Å². The van der Waals surface area contributed by atoms with Crippen LogP contribution in [0.2, 0.25) is 0 Å². The lowest BCUT2D eigenvalue weighted by molar-refractivity contribution is -0.116. The van der Waals surface area contributed by atoms with Crippen LogP contribution in [0.15, 0.2) is 47.8 Å². The summed E-state index contributed by atoms with van der Waals surface area (Å²) in [6.07, 6.45) is 4.36. The molecule has 3 heteroatoms. The number of hydrogen-bond donors (Lipinski definition) is 1. The standard InChI is InChI=1S/C16H16N2O/c1-11-14(5-2-6-16(11)19)18-13-7-8-15-12(10-13)4-3-9-17-15/h3-4,7-10,18H,2,5-6H2,1H3. The average Bonchev–Trinajstić information content (AvgIpc) is 2.44. The van der Waals surface area contributed by atoms with E-state index in [1.165, 1.54) is 0 Å². The molecule has 0 saturated heterocycles. The van der Waals surface area contributed by atoms with E-state index in [0.717, 1.165) is 40.7 Å². The minimum absolute atomic E-state index is 0.260. The number of fused-ring (bicyclic) bond motifs is 1. The third-order valence-corrected chi connectivity index (χ3v) is 3.60. The molecular formula is C16H16N2O. The number of anilines is 1. The summed E-state index contributed by atoms with van der Waals surface area (Å²) in [5.41, 5.74) is 3.93. The summed E-state index contributed by atoms with van der Waals surface area (Å²) in [4.78, 5) is 16.0. The minimum atomic E-state index is 0.260. The molecule has 1 heterocycles. The van der Waals surface area contributed by atoms with E-state index in [1.54, 1.807) is 6.20 Å². The minimum Gasteiger partial charge on any atom is -0.359 e. The first-order valence-electron chi connectivity index (χ1n) is 6.59. The van der Waals surface area contributed by atoms with Crippen LogP contribution in [-0.4, -0.2) is 10.8 Å². The van der Waals surface area contributed by atoms with Gasteiger partial charge in [0, 0.05) is 35.0 Å². The third-order valence-electron chi connectivity index (χ3n) is 3.60. The number of rotatable bonds is 2. The van der Waals surface area contributed by atoms with Crippen LogP contribution in [0.1, 0.15) is 26.2 Å². The maximum absolute atomic E-state index is 11.7. The highest BCUT2D eigenvalue weighted by Gasteiger charge is 2.16. The second-order valence-corrected chi connectivity index (χ2v) is 4.92. The van der Waals surface area contributed by atoms with E-state index in [4.69, 9.17) is 0 Å². The van der Waals surface area contributed by atoms with Crippen molar-refractivity contribution in [3.05, 3.63) is 47.8 Å². The number of ketones is 1. The van der Waals surface area contributed by atoms with Crippen molar-refractivity contribution in [1.29, 1.82) is 0 Å². The normalized spacial score (nSPS) is 15.9. The average molecular weight is 252 g/mol. The maximum Gasteiger partial charge on any atom is 0.160 e. The monoisotopic (exact) mass is 252 g/mol. The Labute approximate surface area is 112 Å². The molecule has 19 heavy (non-hydrogen) atoms. The molecule has 0 saturated carbocycles. The summed E-state index contributed by atoms with van der Waals surface area (Å²) in [5.74, 6) is 0.260. The van der Waals surface area contributed by atoms with E-state index >= 15 is 0 Å². The summed E-state index contributed by atoms with van der Waals surface area (Å²) >= 11 is 0. The fraction of sp³-hybridized carbons (Fsp3) is 0.250. The zero-order valence-electron chi connectivity index (χ0n) is 10.9. The Hall–Kier alpha value is -2.16. The van der Waals surface area contributed by atoms with Crippen LogP contribution in [-0.2, 0) is 4.79 Å². The fourth-order valence-electron chi connectivity index (χ4n) is 2.45. The number of benzene rings is 1. The lowest BCUT2D eigenvalue weighted by Crippen LogP contribution is -2.14. The quantitative estimate of drug-likeness (QED) is 0.886. The Morgan fingerprint density at radius 1 is 1.21 bits per heavy atom. The predicted molar refractivity (Wildman–Crippen MR) is 76.9 cm³/mol. The molecule has 0 aliphatic heterocycles. The fourth-order valence-corrected chi connectivity index (χ4v) is 2.45. The maximum atomic E-state index is 11.7. The van der Waals surface area contributed by atoms with Gasteiger partial charge in [-0.1, -0.05) is 6.07 Å². The van der Waals surface area contributed by atoms with Crippen molar-refractivity contribution in [2.75, 3.05) is 5.32 Å². The molecule has 0 amide bonds. The molecule has 0 spiro atoms. The highest BCUT2D eigenvalue weighted by molar-refractivity contribution is 5.97. The first kappa shape index (κ1) is 11.9. The number of nitrogens with zero attached hydrogens (tertiary/aromatic N) is 1. The zero-order chi connectivity index (χ0) is 13.2. The summed E-state index contributed by atoms with van der Waals surface area (Å²) in [5, 5.41) is 4.49. The van der Waals surface area contributed by atoms with Gasteiger partial charge in [-0.2, -0.15) is 0 Å². The molecule has 2 aromatic rings. The van der Waals surface area contributed by atoms with Gasteiger partial charge in [-0.25, -0.2) is 0 Å². The molecule has 0 unspecified atom stereocenters. The highest BCUT2D eigenvalue weighted by atomic mass is 16.1. The SMILES string of the molecule is CC1=C(Nc2ccc3ncccc3c2)CCCC1=O. The summed E-state index contributed by atoms with van der Waals surface area (Å²) in [7, 11) is 0. The van der Waals surface area contributed by atoms with E-state index in [0.29, 0.717) is 6.42 Å². The number of hydrogen-bond acceptors (Lipinski definition) is 3. The summed E-state index contributed by atoms with van der Waals surface area (Å²) < 4.78 is 0. The van der Waals surface area contributed by atoms with Crippen molar-refractivity contribution in [1.82, 2.24) is 4.98 Å². The van der Waals surface area contributed by atoms with Gasteiger partial charge in [-0.15, -0.1) is 0 Å². The van der Waals surface area contributed by atoms with Crippen LogP contribution in [0.25, 0.3) is 10.9 Å². The molecule has 1 N–H and O–H groups in total. The van der Waals surface area contributed by atoms with Gasteiger partial charge < -0.3 is 5.32 Å². The van der Waals surface area contributed by atoms with Crippen molar-refractivity contribution in [2.45, 2.75) is 26.2 Å². The molecule has 0 atom stereocenters. The molecule has 0 radical (unpaired) electrons. The molecule has 1 aliphatic rings. The number of carbonyl (C=O) groups is 1. The molecule has 96 valence electrons. The van der Waals surface area contributed by atoms with Gasteiger partial charge in [0.05, 0.1) is 5.52 Å². The number of nitrogens with one attached hydrogen (secondary N) is 1. The van der Waals surface area contributed by atoms with Crippen molar-refractivity contribution in [3.63, 3.8) is 0 Å². The highest BCUT2D eigenvalue weighted by Crippen LogP contribution is 2.25. The molecule has 0 bridgehead atoms. The number of carbonyl (C=O) groups excluding carboxylic acids is 1. The van der Waals surface area contributed by atoms with Crippen molar-refractivity contribution in [2.24, 2.45) is 0 Å². The first-order valence-corrected chi connectivity index (χ1v) is 6.59. The second-order valence-electron chi connectivity index (χ2n) is 4.92. The van der Waals surface area contributed by atoms with Crippen LogP contribution >= 0.6 is 0 Å². The molecule has 3 nitrogen and oxygen atoms in total. The summed E-state index contributed by atoms with van der Waals surface area (Å²) in [6.45, 7) is 1.91. The molecule has 1 aromatic heterocycles. The summed E-state index contributed by atoms with van der Waals surface area (Å²) in [6, 6.07) is 10.1. The van der Waals surface area contributed by atoms with E-state index in [1.807, 2.05) is 31.2 Å². The van der Waals surface area contributed by atoms with Gasteiger partial charge in [0.2, 0.25) is 0 Å². The number of pyridine rings is 1. The number of Topliss-reactive ketones (excluding diaryl/α,β-unsaturated/α-hetero) is 1. The van der Waals surface area contributed by atoms with Gasteiger partial charge in [0.1, 0.15) is 0 Å². The molecule has 1 aromatic carbocycles. The molecule has 0 fully saturated rings. The topological polar surface area (TPSA) is 42.0 Å². The van der Waals surface area contributed by atoms with Crippen LogP contribution in [0, 0.1) is 0 Å². The Balaban J connectivity index is 1.93. The Bertz CT molecular complexity index is 673. The largest absolute Gasteiger partial charge is 0.359 e. The van der Waals surface area contributed by atoms with Crippen molar-refractivity contribution >= 4 is 22.4 Å². The van der Waals surface area contributed by atoms with Gasteiger partial charge in [0.15, 0.2) is 5.78 Å². The van der Waals surface area contributed by atoms with E-state index in [9.17, 15) is 4.79 Å². The first-order chi connectivity index (χ1) is 9.24. The zero-order valence-corrected chi connectivity index (χ0v) is 10.9. The smallest absolute Gasteiger partial charge is 0.160 e. The van der Waals surface area contributed by atoms with Gasteiger partial charge >= 0.3 is 0 Å². The molecular weight excluding hydrogens is 236 g/mol. The van der Waals surface area contributed by atoms with Gasteiger partial charge in [-0.05, 0) is 44.0 Å². The lowest BCUT2D eigenvalue weighted by Gasteiger charge is -2.18. The molecule has 1 aliphatic carbocycles. The van der Waals surface area contributed by atoms with E-state index in [-0.39, 0.29) is 5.78 Å². The van der Waals surface area contributed by atoms with Gasteiger partial charge in [-0.3, -0.25) is 9.78 Å². The van der Waals surface area contributed by atoms with E-state index < -0.39 is 0 Å². The van der Waals surface area contributed by atoms with Gasteiger partial charge in [0.25, 0.3) is 0 Å². The van der Waals surface area contributed by atoms with Crippen LogP contribution < -0.4 is 5.32 Å².